The van der Waals surface area contributed by atoms with Crippen molar-refractivity contribution in [1.29, 1.82) is 0 Å². The third kappa shape index (κ3) is 3.20. The van der Waals surface area contributed by atoms with E-state index in [1.165, 1.54) is 5.56 Å². The molecule has 2 N–H and O–H groups in total. The Balaban J connectivity index is 2.15. The van der Waals surface area contributed by atoms with Gasteiger partial charge in [-0.25, -0.2) is 0 Å². The summed E-state index contributed by atoms with van der Waals surface area (Å²) in [6.45, 7) is 2.36. The number of carbonyl (C=O) groups excluding carboxylic acids is 1. The van der Waals surface area contributed by atoms with Gasteiger partial charge in [0.15, 0.2) is 11.5 Å². The van der Waals surface area contributed by atoms with Crippen LogP contribution >= 0.6 is 0 Å². The molecule has 0 aliphatic carbocycles. The molecular weight excluding hydrogens is 316 g/mol. The first-order valence-corrected chi connectivity index (χ1v) is 8.42. The number of carbonyl (C=O) groups is 1. The Bertz CT molecular complexity index is 759. The van der Waals surface area contributed by atoms with Gasteiger partial charge in [-0.15, -0.1) is 0 Å². The lowest BCUT2D eigenvalue weighted by Crippen LogP contribution is -2.47. The van der Waals surface area contributed by atoms with Crippen LogP contribution in [0.15, 0.2) is 42.5 Å². The smallest absolute Gasteiger partial charge is 0.239 e. The molecule has 0 bridgehead atoms. The van der Waals surface area contributed by atoms with Gasteiger partial charge in [-0.3, -0.25) is 4.79 Å². The Hall–Kier alpha value is -2.53. The maximum Gasteiger partial charge on any atom is 0.239 e. The molecule has 0 fully saturated rings. The molecule has 5 heteroatoms. The second-order valence-corrected chi connectivity index (χ2v) is 6.29. The number of ether oxygens (including phenoxy) is 2. The standard InChI is InChI=1S/C20H24N2O3/c1-13(21)20(23)22-10-9-15-11-17(24-2)18(25-3)12-16(15)19(22)14-7-5-4-6-8-14/h4-8,11-13,19H,9-10,21H2,1-3H3/t13-,19+/m1/s1. The van der Waals surface area contributed by atoms with E-state index >= 15 is 0 Å². The van der Waals surface area contributed by atoms with Gasteiger partial charge >= 0.3 is 0 Å². The van der Waals surface area contributed by atoms with E-state index in [0.29, 0.717) is 18.0 Å². The average molecular weight is 340 g/mol. The van der Waals surface area contributed by atoms with E-state index in [0.717, 1.165) is 17.5 Å². The summed E-state index contributed by atoms with van der Waals surface area (Å²) in [5, 5.41) is 0. The number of methoxy groups -OCH3 is 2. The summed E-state index contributed by atoms with van der Waals surface area (Å²) in [5.41, 5.74) is 9.18. The van der Waals surface area contributed by atoms with Crippen molar-refractivity contribution in [2.24, 2.45) is 5.73 Å². The lowest BCUT2D eigenvalue weighted by atomic mass is 9.87. The Kier molecular flexibility index (Phi) is 4.95. The molecule has 132 valence electrons. The second-order valence-electron chi connectivity index (χ2n) is 6.29. The van der Waals surface area contributed by atoms with Crippen LogP contribution < -0.4 is 15.2 Å². The highest BCUT2D eigenvalue weighted by Crippen LogP contribution is 2.41. The first-order chi connectivity index (χ1) is 12.1. The van der Waals surface area contributed by atoms with Crippen LogP contribution in [0.5, 0.6) is 11.5 Å². The van der Waals surface area contributed by atoms with Gasteiger partial charge in [0, 0.05) is 6.54 Å². The molecule has 25 heavy (non-hydrogen) atoms. The van der Waals surface area contributed by atoms with Crippen LogP contribution in [-0.4, -0.2) is 37.6 Å². The Morgan fingerprint density at radius 2 is 1.80 bits per heavy atom. The third-order valence-electron chi connectivity index (χ3n) is 4.66. The van der Waals surface area contributed by atoms with E-state index < -0.39 is 6.04 Å². The minimum Gasteiger partial charge on any atom is -0.493 e. The molecule has 2 atom stereocenters. The van der Waals surface area contributed by atoms with Crippen LogP contribution in [0.1, 0.15) is 29.7 Å². The van der Waals surface area contributed by atoms with E-state index in [-0.39, 0.29) is 11.9 Å². The summed E-state index contributed by atoms with van der Waals surface area (Å²) >= 11 is 0. The van der Waals surface area contributed by atoms with E-state index in [2.05, 4.69) is 0 Å². The number of nitrogens with two attached hydrogens (primary N) is 1. The molecule has 0 unspecified atom stereocenters. The molecule has 0 spiro atoms. The maximum atomic E-state index is 12.7. The summed E-state index contributed by atoms with van der Waals surface area (Å²) in [5.74, 6) is 1.33. The summed E-state index contributed by atoms with van der Waals surface area (Å²) in [7, 11) is 3.25. The third-order valence-corrected chi connectivity index (χ3v) is 4.66. The number of fused-ring (bicyclic) bond motifs is 1. The number of rotatable bonds is 4. The number of hydrogen-bond acceptors (Lipinski definition) is 4. The van der Waals surface area contributed by atoms with Gasteiger partial charge in [-0.1, -0.05) is 30.3 Å². The van der Waals surface area contributed by atoms with Gasteiger partial charge in [-0.2, -0.15) is 0 Å². The fourth-order valence-corrected chi connectivity index (χ4v) is 3.44. The normalized spacial score (nSPS) is 17.6. The second kappa shape index (κ2) is 7.15. The summed E-state index contributed by atoms with van der Waals surface area (Å²) in [6, 6.07) is 13.3. The molecule has 1 heterocycles. The van der Waals surface area contributed by atoms with Crippen molar-refractivity contribution >= 4 is 5.91 Å². The highest BCUT2D eigenvalue weighted by molar-refractivity contribution is 5.82. The number of amides is 1. The minimum atomic E-state index is -0.534. The summed E-state index contributed by atoms with van der Waals surface area (Å²) in [4.78, 5) is 14.6. The zero-order valence-electron chi connectivity index (χ0n) is 14.9. The number of nitrogens with zero attached hydrogens (tertiary/aromatic N) is 1. The number of benzene rings is 2. The van der Waals surface area contributed by atoms with Crippen LogP contribution in [0.4, 0.5) is 0 Å². The van der Waals surface area contributed by atoms with Crippen LogP contribution in [0, 0.1) is 0 Å². The molecule has 0 radical (unpaired) electrons. The molecule has 1 aliphatic rings. The fourth-order valence-electron chi connectivity index (χ4n) is 3.44. The van der Waals surface area contributed by atoms with Gasteiger partial charge in [0.2, 0.25) is 5.91 Å². The zero-order chi connectivity index (χ0) is 18.0. The summed E-state index contributed by atoms with van der Waals surface area (Å²) < 4.78 is 10.9. The van der Waals surface area contributed by atoms with E-state index in [1.807, 2.05) is 47.4 Å². The van der Waals surface area contributed by atoms with Crippen LogP contribution in [0.25, 0.3) is 0 Å². The highest BCUT2D eigenvalue weighted by atomic mass is 16.5. The van der Waals surface area contributed by atoms with E-state index in [4.69, 9.17) is 15.2 Å². The molecule has 3 rings (SSSR count). The van der Waals surface area contributed by atoms with Crippen molar-refractivity contribution in [3.63, 3.8) is 0 Å². The Labute approximate surface area is 148 Å². The molecule has 1 amide bonds. The first-order valence-electron chi connectivity index (χ1n) is 8.42. The van der Waals surface area contributed by atoms with Gasteiger partial charge in [-0.05, 0) is 42.2 Å². The topological polar surface area (TPSA) is 64.8 Å². The highest BCUT2D eigenvalue weighted by Gasteiger charge is 2.34. The number of hydrogen-bond donors (Lipinski definition) is 1. The van der Waals surface area contributed by atoms with Crippen LogP contribution in [0.2, 0.25) is 0 Å². The zero-order valence-corrected chi connectivity index (χ0v) is 14.9. The van der Waals surface area contributed by atoms with E-state index in [9.17, 15) is 4.79 Å². The Morgan fingerprint density at radius 1 is 1.16 bits per heavy atom. The predicted molar refractivity (Wildman–Crippen MR) is 96.9 cm³/mol. The largest absolute Gasteiger partial charge is 0.493 e. The molecule has 5 nitrogen and oxygen atoms in total. The molecule has 2 aromatic rings. The lowest BCUT2D eigenvalue weighted by molar-refractivity contribution is -0.134. The molecule has 0 saturated heterocycles. The van der Waals surface area contributed by atoms with Crippen molar-refractivity contribution in [2.75, 3.05) is 20.8 Å². The SMILES string of the molecule is COc1cc2c(cc1OC)[C@H](c1ccccc1)N(C(=O)[C@@H](C)N)CC2. The van der Waals surface area contributed by atoms with Crippen LogP contribution in [-0.2, 0) is 11.2 Å². The van der Waals surface area contributed by atoms with Crippen molar-refractivity contribution in [3.8, 4) is 11.5 Å². The molecular formula is C20H24N2O3. The monoisotopic (exact) mass is 340 g/mol. The fraction of sp³-hybridized carbons (Fsp3) is 0.350. The summed E-state index contributed by atoms with van der Waals surface area (Å²) in [6.07, 6.45) is 0.761. The maximum absolute atomic E-state index is 12.7. The van der Waals surface area contributed by atoms with Crippen molar-refractivity contribution in [1.82, 2.24) is 4.90 Å². The van der Waals surface area contributed by atoms with Gasteiger partial charge < -0.3 is 20.1 Å². The molecule has 1 aliphatic heterocycles. The van der Waals surface area contributed by atoms with Gasteiger partial charge in [0.05, 0.1) is 26.3 Å². The van der Waals surface area contributed by atoms with Crippen molar-refractivity contribution < 1.29 is 14.3 Å². The molecule has 0 saturated carbocycles. The van der Waals surface area contributed by atoms with Crippen LogP contribution in [0.3, 0.4) is 0 Å². The molecule has 2 aromatic carbocycles. The van der Waals surface area contributed by atoms with Gasteiger partial charge in [0.25, 0.3) is 0 Å². The van der Waals surface area contributed by atoms with E-state index in [1.54, 1.807) is 21.1 Å². The predicted octanol–water partition coefficient (Wildman–Crippen LogP) is 2.53. The minimum absolute atomic E-state index is 0.0470. The quantitative estimate of drug-likeness (QED) is 0.929. The van der Waals surface area contributed by atoms with Gasteiger partial charge in [0.1, 0.15) is 0 Å². The Morgan fingerprint density at radius 3 is 2.40 bits per heavy atom. The van der Waals surface area contributed by atoms with Crippen molar-refractivity contribution in [3.05, 3.63) is 59.2 Å². The first kappa shape index (κ1) is 17.3. The average Bonchev–Trinajstić information content (AvgIpc) is 2.65. The lowest BCUT2D eigenvalue weighted by Gasteiger charge is -2.39. The van der Waals surface area contributed by atoms with Crippen molar-refractivity contribution in [2.45, 2.75) is 25.4 Å². The molecule has 0 aromatic heterocycles.